The summed E-state index contributed by atoms with van der Waals surface area (Å²) in [5, 5.41) is 0. The number of benzene rings is 2. The number of rotatable bonds is 6. The van der Waals surface area contributed by atoms with Crippen molar-refractivity contribution in [3.8, 4) is 0 Å². The van der Waals surface area contributed by atoms with Crippen LogP contribution in [0.2, 0.25) is 0 Å². The molecule has 0 spiro atoms. The van der Waals surface area contributed by atoms with E-state index in [1.807, 2.05) is 44.2 Å². The zero-order valence-electron chi connectivity index (χ0n) is 12.7. The van der Waals surface area contributed by atoms with E-state index in [4.69, 9.17) is 4.74 Å². The van der Waals surface area contributed by atoms with Crippen LogP contribution in [0.25, 0.3) is 0 Å². The Labute approximate surface area is 131 Å². The van der Waals surface area contributed by atoms with Gasteiger partial charge in [-0.15, -0.1) is 0 Å². The number of aryl methyl sites for hydroxylation is 1. The first-order valence-corrected chi connectivity index (χ1v) is 8.59. The van der Waals surface area contributed by atoms with Crippen LogP contribution in [0.15, 0.2) is 53.4 Å². The second-order valence-electron chi connectivity index (χ2n) is 5.19. The Bertz CT molecular complexity index is 724. The van der Waals surface area contributed by atoms with Crippen molar-refractivity contribution in [3.63, 3.8) is 0 Å². The molecule has 118 valence electrons. The minimum Gasteiger partial charge on any atom is -0.369 e. The highest BCUT2D eigenvalue weighted by atomic mass is 32.2. The van der Waals surface area contributed by atoms with Gasteiger partial charge < -0.3 is 4.74 Å². The van der Waals surface area contributed by atoms with Crippen LogP contribution in [0.1, 0.15) is 36.1 Å². The van der Waals surface area contributed by atoms with E-state index in [0.29, 0.717) is 13.0 Å². The van der Waals surface area contributed by atoms with E-state index in [1.54, 1.807) is 6.07 Å². The van der Waals surface area contributed by atoms with Crippen LogP contribution in [0.3, 0.4) is 0 Å². The average Bonchev–Trinajstić information content (AvgIpc) is 2.49. The Morgan fingerprint density at radius 3 is 2.41 bits per heavy atom. The average molecular weight is 320 g/mol. The molecular weight excluding hydrogens is 300 g/mol. The summed E-state index contributed by atoms with van der Waals surface area (Å²) in [4.78, 5) is -0.102. The third-order valence-corrected chi connectivity index (χ3v) is 4.41. The fourth-order valence-corrected chi connectivity index (χ4v) is 2.84. The van der Waals surface area contributed by atoms with Crippen LogP contribution in [0, 0.1) is 6.92 Å². The smallest absolute Gasteiger partial charge is 0.294 e. The molecule has 0 heterocycles. The summed E-state index contributed by atoms with van der Waals surface area (Å²) in [7, 11) is -4.21. The van der Waals surface area contributed by atoms with Gasteiger partial charge in [0.2, 0.25) is 0 Å². The van der Waals surface area contributed by atoms with Crippen LogP contribution in [0.4, 0.5) is 0 Å². The molecule has 0 saturated heterocycles. The molecule has 2 aromatic carbocycles. The Hall–Kier alpha value is -1.69. The first kappa shape index (κ1) is 16.7. The van der Waals surface area contributed by atoms with Gasteiger partial charge >= 0.3 is 0 Å². The Morgan fingerprint density at radius 2 is 1.82 bits per heavy atom. The summed E-state index contributed by atoms with van der Waals surface area (Å²) in [6.45, 7) is 4.34. The van der Waals surface area contributed by atoms with E-state index < -0.39 is 10.1 Å². The lowest BCUT2D eigenvalue weighted by Crippen LogP contribution is -2.08. The largest absolute Gasteiger partial charge is 0.369 e. The highest BCUT2D eigenvalue weighted by Gasteiger charge is 2.17. The zero-order chi connectivity index (χ0) is 16.2. The van der Waals surface area contributed by atoms with Gasteiger partial charge in [0, 0.05) is 0 Å². The van der Waals surface area contributed by atoms with E-state index in [0.717, 1.165) is 16.7 Å². The molecule has 5 heteroatoms. The molecule has 0 radical (unpaired) electrons. The second kappa shape index (κ2) is 7.05. The van der Waals surface area contributed by atoms with Crippen LogP contribution >= 0.6 is 0 Å². The molecule has 0 fully saturated rings. The minimum absolute atomic E-state index is 0.102. The molecule has 2 aromatic rings. The van der Waals surface area contributed by atoms with Gasteiger partial charge in [0.1, 0.15) is 0 Å². The van der Waals surface area contributed by atoms with Crippen LogP contribution in [0.5, 0.6) is 0 Å². The van der Waals surface area contributed by atoms with E-state index in [-0.39, 0.29) is 11.0 Å². The van der Waals surface area contributed by atoms with Crippen molar-refractivity contribution in [1.82, 2.24) is 0 Å². The molecule has 0 aliphatic heterocycles. The summed E-state index contributed by atoms with van der Waals surface area (Å²) >= 11 is 0. The van der Waals surface area contributed by atoms with Gasteiger partial charge in [-0.25, -0.2) is 0 Å². The standard InChI is InChI=1S/C17H20O4S/c1-3-17(21-12-14-7-5-4-6-8-14)16-11-15(22(18,19)20)10-9-13(16)2/h4-11,17H,3,12H2,1-2H3,(H,18,19,20). The van der Waals surface area contributed by atoms with E-state index in [9.17, 15) is 13.0 Å². The number of ether oxygens (including phenoxy) is 1. The quantitative estimate of drug-likeness (QED) is 0.820. The fraction of sp³-hybridized carbons (Fsp3) is 0.294. The molecule has 1 N–H and O–H groups in total. The summed E-state index contributed by atoms with van der Waals surface area (Å²) in [5.41, 5.74) is 2.78. The maximum absolute atomic E-state index is 11.3. The highest BCUT2D eigenvalue weighted by molar-refractivity contribution is 7.85. The van der Waals surface area contributed by atoms with Gasteiger partial charge in [0.15, 0.2) is 0 Å². The van der Waals surface area contributed by atoms with Crippen molar-refractivity contribution in [2.24, 2.45) is 0 Å². The molecule has 1 atom stereocenters. The molecule has 0 bridgehead atoms. The molecule has 22 heavy (non-hydrogen) atoms. The second-order valence-corrected chi connectivity index (χ2v) is 6.61. The summed E-state index contributed by atoms with van der Waals surface area (Å²) in [6.07, 6.45) is 0.490. The zero-order valence-corrected chi connectivity index (χ0v) is 13.5. The Morgan fingerprint density at radius 1 is 1.14 bits per heavy atom. The molecule has 0 amide bonds. The fourth-order valence-electron chi connectivity index (χ4n) is 2.32. The molecule has 2 rings (SSSR count). The monoisotopic (exact) mass is 320 g/mol. The minimum atomic E-state index is -4.21. The molecular formula is C17H20O4S. The molecule has 4 nitrogen and oxygen atoms in total. The van der Waals surface area contributed by atoms with Gasteiger partial charge in [0.05, 0.1) is 17.6 Å². The molecule has 0 aromatic heterocycles. The van der Waals surface area contributed by atoms with Gasteiger partial charge in [0.25, 0.3) is 10.1 Å². The van der Waals surface area contributed by atoms with E-state index in [2.05, 4.69) is 0 Å². The summed E-state index contributed by atoms with van der Waals surface area (Å²) in [5.74, 6) is 0. The first-order chi connectivity index (χ1) is 10.4. The third-order valence-electron chi connectivity index (χ3n) is 3.56. The first-order valence-electron chi connectivity index (χ1n) is 7.15. The summed E-state index contributed by atoms with van der Waals surface area (Å²) in [6, 6.07) is 14.4. The Kier molecular flexibility index (Phi) is 5.34. The maximum Gasteiger partial charge on any atom is 0.294 e. The van der Waals surface area contributed by atoms with Crippen molar-refractivity contribution in [2.75, 3.05) is 0 Å². The van der Waals surface area contributed by atoms with Crippen LogP contribution in [-0.2, 0) is 21.5 Å². The lowest BCUT2D eigenvalue weighted by molar-refractivity contribution is 0.0366. The van der Waals surface area contributed by atoms with Crippen molar-refractivity contribution in [3.05, 3.63) is 65.2 Å². The van der Waals surface area contributed by atoms with Gasteiger partial charge in [-0.3, -0.25) is 4.55 Å². The maximum atomic E-state index is 11.3. The van der Waals surface area contributed by atoms with Crippen LogP contribution in [-0.4, -0.2) is 13.0 Å². The van der Waals surface area contributed by atoms with Gasteiger partial charge in [-0.05, 0) is 42.2 Å². The normalized spacial score (nSPS) is 13.0. The van der Waals surface area contributed by atoms with Crippen molar-refractivity contribution >= 4 is 10.1 Å². The Balaban J connectivity index is 2.23. The lowest BCUT2D eigenvalue weighted by Gasteiger charge is -2.19. The van der Waals surface area contributed by atoms with Crippen LogP contribution < -0.4 is 0 Å². The predicted molar refractivity (Wildman–Crippen MR) is 85.3 cm³/mol. The predicted octanol–water partition coefficient (Wildman–Crippen LogP) is 3.91. The van der Waals surface area contributed by atoms with E-state index in [1.165, 1.54) is 12.1 Å². The SMILES string of the molecule is CCC(OCc1ccccc1)c1cc(S(=O)(=O)O)ccc1C. The van der Waals surface area contributed by atoms with Gasteiger partial charge in [-0.2, -0.15) is 8.42 Å². The van der Waals surface area contributed by atoms with Crippen molar-refractivity contribution in [1.29, 1.82) is 0 Å². The summed E-state index contributed by atoms with van der Waals surface area (Å²) < 4.78 is 37.7. The molecule has 0 saturated carbocycles. The molecule has 0 aliphatic carbocycles. The number of hydrogen-bond donors (Lipinski definition) is 1. The lowest BCUT2D eigenvalue weighted by atomic mass is 10.0. The molecule has 0 aliphatic rings. The van der Waals surface area contributed by atoms with Gasteiger partial charge in [-0.1, -0.05) is 43.3 Å². The highest BCUT2D eigenvalue weighted by Crippen LogP contribution is 2.27. The topological polar surface area (TPSA) is 63.6 Å². The number of hydrogen-bond acceptors (Lipinski definition) is 3. The van der Waals surface area contributed by atoms with E-state index >= 15 is 0 Å². The van der Waals surface area contributed by atoms with Crippen molar-refractivity contribution < 1.29 is 17.7 Å². The third kappa shape index (κ3) is 4.16. The van der Waals surface area contributed by atoms with Crippen molar-refractivity contribution in [2.45, 2.75) is 37.9 Å². The molecule has 1 unspecified atom stereocenters.